The van der Waals surface area contributed by atoms with Crippen molar-refractivity contribution in [2.45, 2.75) is 371 Å². The van der Waals surface area contributed by atoms with Gasteiger partial charge in [0.1, 0.15) is 42.6 Å². The number of allylic oxidation sites excluding steroid dienone is 6. The van der Waals surface area contributed by atoms with Crippen LogP contribution in [0.2, 0.25) is 0 Å². The van der Waals surface area contributed by atoms with Gasteiger partial charge in [-0.2, -0.15) is 0 Å². The molecule has 1 aliphatic carbocycles. The number of aliphatic hydroxyl groups is 8. The second-order valence-electron chi connectivity index (χ2n) is 39.8. The standard InChI is InChI=1S/C103H168N10O33S2/c1-61-24-14-13-15-25-62(2)85(141-10)56-75-32-30-67(7)103(140,146-75)95(132)101(138)113-47-23-19-29-81(113)84(123)55-71(63(3)52-70-31-38-82(121)86(53-70)142-11)54-83(122)64(4)51-66(6)93(94(143-12)92(131)65(5)50-61)145-102(139)144-48-49-147-148-60-68(8)107-96(133)77(34-40-88(125)105-45-21-17-27-73(119)58-115)109-99(136)80(37-43-91(129)130)112-98(135)78(35-41-89(126)106-46-22-18-28-74(120)59-116)110-100(137)79(36-42-90(127)128)111-97(134)76(108-69(9)117)33-39-87(124)104-44-20-16-26-72(118)57-114/h13-15,24-25,51,61,63-65,67-68,70-82,85-86,93-94,114-116,118-121,140H,16-23,26-50,52-60H2,1-12H3,(H,104,124)(H,105,125)(H,106,126)(H,107,133)(H,108,117)(H,109,136)(H,110,137)(H,111,134)(H,112,135)(H,127,128)(H,129,130)/b15-13+,24-14+,62-25+,66-51+/t61-,63-,64-,65-,67-,68-,70+,71-,72+,73+,74+,75+,76+,77+,78+,79+,80+,81+,82-,85+,86-,93-,94+,103-/m1/s1. The molecule has 0 aromatic rings. The fraction of sp³-hybridized carbons (Fsp3) is 0.757. The molecule has 10 amide bonds. The van der Waals surface area contributed by atoms with Crippen LogP contribution in [0.1, 0.15) is 268 Å². The van der Waals surface area contributed by atoms with E-state index in [4.69, 9.17) is 33.5 Å². The minimum atomic E-state index is -2.51. The van der Waals surface area contributed by atoms with Gasteiger partial charge >= 0.3 is 18.1 Å². The summed E-state index contributed by atoms with van der Waals surface area (Å²) in [6.07, 6.45) is 3.07. The molecule has 0 radical (unpaired) electrons. The second-order valence-corrected chi connectivity index (χ2v) is 42.4. The molecule has 43 nitrogen and oxygen atoms in total. The fourth-order valence-corrected chi connectivity index (χ4v) is 20.5. The number of rotatable bonds is 57. The second kappa shape index (κ2) is 70.8. The number of aliphatic hydroxyl groups excluding tert-OH is 7. The van der Waals surface area contributed by atoms with Crippen molar-refractivity contribution >= 4 is 122 Å². The van der Waals surface area contributed by atoms with Crippen molar-refractivity contribution in [2.75, 3.05) is 85.4 Å². The Kier molecular flexibility index (Phi) is 62.7. The maximum atomic E-state index is 15.1. The number of methoxy groups -OCH3 is 3. The minimum Gasteiger partial charge on any atom is -0.481 e. The monoisotopic (exact) mass is 2140 g/mol. The highest BCUT2D eigenvalue weighted by Crippen LogP contribution is 2.40. The van der Waals surface area contributed by atoms with Crippen molar-refractivity contribution in [1.82, 2.24) is 52.8 Å². The summed E-state index contributed by atoms with van der Waals surface area (Å²) in [5.41, 5.74) is 1.03. The summed E-state index contributed by atoms with van der Waals surface area (Å²) in [4.78, 5) is 239. The number of ketones is 4. The molecule has 24 atom stereocenters. The molecule has 3 aliphatic heterocycles. The van der Waals surface area contributed by atoms with E-state index in [0.717, 1.165) is 12.5 Å². The minimum absolute atomic E-state index is 0.0354. The SMILES string of the molecule is CO[C@H]1C[C@@H]2CC[C@@H](C)[C@@](O)(O2)C(=O)C(=O)N2CCCC[C@H]2C(=O)C[C@H]([C@H](C)C[C@@H]2CC[C@@H](O)[C@H](OC)C2)CC(=O)[C@H](C)/C=C(\C)[C@@H](OC(=O)OCCSSC[C@@H](C)NC(=O)[C@H](CCC(=O)NCCCC[C@H](O)CO)NC(=O)[C@H](CCC(=O)O)NC(=O)[C@H](CCC(=O)NCCCC[C@H](O)CO)NC(=O)[C@H](CCC(=O)O)NC(=O)[C@H](CCC(=O)NCCCC[C@H](O)CO)NC(C)=O)[C@@H](OC)C(=O)[C@H](C)C[C@H](C)/C=C/C=C/C=C/1C. The van der Waals surface area contributed by atoms with Crippen LogP contribution in [0.5, 0.6) is 0 Å². The van der Waals surface area contributed by atoms with Gasteiger partial charge in [-0.1, -0.05) is 92.7 Å². The first-order valence-corrected chi connectivity index (χ1v) is 54.5. The molecule has 0 aromatic carbocycles. The van der Waals surface area contributed by atoms with E-state index >= 15 is 9.59 Å². The number of nitrogens with one attached hydrogen (secondary N) is 9. The summed E-state index contributed by atoms with van der Waals surface area (Å²) < 4.78 is 35.5. The summed E-state index contributed by atoms with van der Waals surface area (Å²) in [6.45, 7) is 13.6. The zero-order valence-electron chi connectivity index (χ0n) is 88.1. The molecular weight excluding hydrogens is 1970 g/mol. The molecule has 2 saturated heterocycles. The summed E-state index contributed by atoms with van der Waals surface area (Å²) in [7, 11) is 6.74. The maximum absolute atomic E-state index is 15.1. The number of carbonyl (C=O) groups is 17. The Hall–Kier alpha value is -9.23. The smallest absolute Gasteiger partial charge is 0.481 e. The van der Waals surface area contributed by atoms with Gasteiger partial charge in [-0.25, -0.2) is 4.79 Å². The van der Waals surface area contributed by atoms with Gasteiger partial charge < -0.3 is 132 Å². The highest BCUT2D eigenvalue weighted by atomic mass is 33.1. The Balaban J connectivity index is 1.66. The molecular formula is C103H168N10O33S2. The highest BCUT2D eigenvalue weighted by molar-refractivity contribution is 8.76. The lowest BCUT2D eigenvalue weighted by Gasteiger charge is -2.43. The van der Waals surface area contributed by atoms with Gasteiger partial charge in [-0.3, -0.25) is 76.7 Å². The summed E-state index contributed by atoms with van der Waals surface area (Å²) in [6, 6.07) is -10.6. The number of ether oxygens (including phenoxy) is 6. The van der Waals surface area contributed by atoms with E-state index in [-0.39, 0.29) is 137 Å². The van der Waals surface area contributed by atoms with Crippen LogP contribution < -0.4 is 47.9 Å². The van der Waals surface area contributed by atoms with Crippen molar-refractivity contribution < 1.29 is 161 Å². The molecule has 3 heterocycles. The van der Waals surface area contributed by atoms with Gasteiger partial charge in [0.2, 0.25) is 59.0 Å². The Morgan fingerprint density at radius 2 is 1.04 bits per heavy atom. The van der Waals surface area contributed by atoms with Gasteiger partial charge in [0.15, 0.2) is 23.8 Å². The van der Waals surface area contributed by atoms with Crippen LogP contribution in [0.4, 0.5) is 4.79 Å². The zero-order chi connectivity index (χ0) is 110. The molecule has 0 unspecified atom stereocenters. The zero-order valence-corrected chi connectivity index (χ0v) is 89.7. The molecule has 1 saturated carbocycles. The normalized spacial score (nSPS) is 25.9. The lowest BCUT2D eigenvalue weighted by Crippen LogP contribution is -2.60. The number of amides is 10. The number of nitrogens with zero attached hydrogens (tertiary/aromatic N) is 1. The van der Waals surface area contributed by atoms with Crippen LogP contribution in [0.15, 0.2) is 47.6 Å². The average molecular weight is 2140 g/mol. The largest absolute Gasteiger partial charge is 0.509 e. The Morgan fingerprint density at radius 1 is 0.547 bits per heavy atom. The van der Waals surface area contributed by atoms with E-state index in [1.165, 1.54) is 47.8 Å². The van der Waals surface area contributed by atoms with Gasteiger partial charge in [-0.05, 0) is 210 Å². The lowest BCUT2D eigenvalue weighted by atomic mass is 9.74. The highest BCUT2D eigenvalue weighted by Gasteiger charge is 2.53. The van der Waals surface area contributed by atoms with Crippen LogP contribution in [0.3, 0.4) is 0 Å². The van der Waals surface area contributed by atoms with Gasteiger partial charge in [-0.15, -0.1) is 0 Å². The van der Waals surface area contributed by atoms with Crippen LogP contribution >= 0.6 is 21.6 Å². The molecule has 45 heteroatoms. The molecule has 3 fully saturated rings. The van der Waals surface area contributed by atoms with Crippen LogP contribution in [0, 0.1) is 41.4 Å². The third-order valence-corrected chi connectivity index (χ3v) is 29.9. The number of carbonyl (C=O) groups excluding carboxylic acids is 15. The Labute approximate surface area is 876 Å². The molecule has 2 bridgehead atoms. The van der Waals surface area contributed by atoms with Gasteiger partial charge in [0.05, 0.1) is 68.6 Å². The number of piperidine rings is 1. The first-order valence-electron chi connectivity index (χ1n) is 52.0. The van der Waals surface area contributed by atoms with E-state index in [0.29, 0.717) is 96.3 Å². The third kappa shape index (κ3) is 49.0. The van der Waals surface area contributed by atoms with Crippen molar-refractivity contribution in [3.63, 3.8) is 0 Å². The molecule has 840 valence electrons. The Morgan fingerprint density at radius 3 is 1.52 bits per heavy atom. The van der Waals surface area contributed by atoms with Crippen LogP contribution in [0.25, 0.3) is 0 Å². The van der Waals surface area contributed by atoms with E-state index in [1.54, 1.807) is 46.8 Å². The van der Waals surface area contributed by atoms with Gasteiger partial charge in [0.25, 0.3) is 11.7 Å². The summed E-state index contributed by atoms with van der Waals surface area (Å²) in [5, 5.41) is 123. The van der Waals surface area contributed by atoms with E-state index < -0.39 is 287 Å². The van der Waals surface area contributed by atoms with Crippen molar-refractivity contribution in [2.24, 2.45) is 41.4 Å². The quantitative estimate of drug-likeness (QED) is 0.0132. The van der Waals surface area contributed by atoms with Crippen LogP contribution in [-0.2, 0) is 105 Å². The van der Waals surface area contributed by atoms with Crippen molar-refractivity contribution in [3.05, 3.63) is 47.6 Å². The van der Waals surface area contributed by atoms with E-state index in [9.17, 15) is 118 Å². The molecule has 4 aliphatic rings. The summed E-state index contributed by atoms with van der Waals surface area (Å²) in [5.74, 6) is -20.4. The number of hydrogen-bond donors (Lipinski definition) is 19. The summed E-state index contributed by atoms with van der Waals surface area (Å²) >= 11 is 0. The lowest BCUT2D eigenvalue weighted by molar-refractivity contribution is -0.265. The molecule has 4 rings (SSSR count). The van der Waals surface area contributed by atoms with Crippen LogP contribution in [-0.4, -0.2) is 345 Å². The van der Waals surface area contributed by atoms with Crippen molar-refractivity contribution in [1.29, 1.82) is 0 Å². The predicted molar refractivity (Wildman–Crippen MR) is 548 cm³/mol. The molecule has 19 N–H and O–H groups in total. The molecule has 0 aromatic heterocycles. The predicted octanol–water partition coefficient (Wildman–Crippen LogP) is 4.32. The number of aliphatic carboxylic acids is 2. The number of carboxylic acids is 2. The van der Waals surface area contributed by atoms with E-state index in [1.807, 2.05) is 45.1 Å². The van der Waals surface area contributed by atoms with Crippen molar-refractivity contribution in [3.8, 4) is 0 Å². The Bertz CT molecular complexity index is 4360. The third-order valence-electron chi connectivity index (χ3n) is 27.4. The molecule has 0 spiro atoms. The number of unbranched alkanes of at least 4 members (excludes halogenated alkanes) is 3. The fourth-order valence-electron chi connectivity index (χ4n) is 18.4. The topological polar surface area (TPSA) is 659 Å². The first-order chi connectivity index (χ1) is 70.2. The average Bonchev–Trinajstić information content (AvgIpc) is 0.769. The number of carboxylic acid groups (broad SMARTS) is 2. The molecule has 148 heavy (non-hydrogen) atoms. The number of fused-ring (bicyclic) bond motifs is 3. The maximum Gasteiger partial charge on any atom is 0.509 e. The number of Topliss-reactive ketones (excluding diaryl/α,β-unsaturated/α-hetero) is 4. The van der Waals surface area contributed by atoms with Gasteiger partial charge in [0, 0.05) is 141 Å². The van der Waals surface area contributed by atoms with E-state index in [2.05, 4.69) is 47.9 Å². The number of hydrogen-bond acceptors (Lipinski definition) is 33. The first kappa shape index (κ1) is 131.